The molecule has 0 aliphatic heterocycles. The number of amides is 2. The molecule has 0 unspecified atom stereocenters. The number of carbonyl (C=O) groups excluding carboxylic acids is 1. The van der Waals surface area contributed by atoms with E-state index < -0.39 is 35.6 Å². The standard InChI is InChI=1S/C31H40N4O4/c1-31(2,3)28(35(4)30(38)39)29(37)34-26(27(36)20-24(32)18-21-10-6-5-7-11-21)19-22-13-15-23(16-14-22)25-12-8-9-17-33-25/h5-17,24,26-28,36H,18-20,32H2,1-4H3,(H,34,37)(H,38,39)/t24-,26-,27+,28+/m0/s1. The van der Waals surface area contributed by atoms with Crippen molar-refractivity contribution in [2.45, 2.75) is 64.3 Å². The summed E-state index contributed by atoms with van der Waals surface area (Å²) in [6.07, 6.45) is 0.797. The van der Waals surface area contributed by atoms with Crippen LogP contribution in [0, 0.1) is 5.41 Å². The molecular formula is C31H40N4O4. The molecule has 2 aromatic carbocycles. The minimum atomic E-state index is -1.20. The first-order valence-corrected chi connectivity index (χ1v) is 13.2. The summed E-state index contributed by atoms with van der Waals surface area (Å²) in [6, 6.07) is 21.4. The van der Waals surface area contributed by atoms with Crippen LogP contribution in [-0.4, -0.2) is 63.4 Å². The van der Waals surface area contributed by atoms with Gasteiger partial charge in [-0.15, -0.1) is 0 Å². The number of hydrogen-bond acceptors (Lipinski definition) is 5. The zero-order valence-electron chi connectivity index (χ0n) is 23.1. The fourth-order valence-corrected chi connectivity index (χ4v) is 4.88. The van der Waals surface area contributed by atoms with Crippen LogP contribution in [0.25, 0.3) is 11.3 Å². The first-order chi connectivity index (χ1) is 18.5. The number of hydrogen-bond donors (Lipinski definition) is 4. The Morgan fingerprint density at radius 1 is 0.949 bits per heavy atom. The number of aliphatic hydroxyl groups is 1. The van der Waals surface area contributed by atoms with Gasteiger partial charge in [-0.1, -0.05) is 81.4 Å². The van der Waals surface area contributed by atoms with E-state index in [1.54, 1.807) is 6.20 Å². The van der Waals surface area contributed by atoms with Crippen molar-refractivity contribution in [1.82, 2.24) is 15.2 Å². The van der Waals surface area contributed by atoms with E-state index in [2.05, 4.69) is 10.3 Å². The Bertz CT molecular complexity index is 1200. The molecule has 208 valence electrons. The van der Waals surface area contributed by atoms with Gasteiger partial charge in [-0.05, 0) is 47.9 Å². The zero-order chi connectivity index (χ0) is 28.6. The highest BCUT2D eigenvalue weighted by Gasteiger charge is 2.38. The van der Waals surface area contributed by atoms with Gasteiger partial charge in [0, 0.05) is 24.8 Å². The Morgan fingerprint density at radius 3 is 2.13 bits per heavy atom. The van der Waals surface area contributed by atoms with E-state index in [4.69, 9.17) is 5.73 Å². The average Bonchev–Trinajstić information content (AvgIpc) is 2.89. The van der Waals surface area contributed by atoms with Gasteiger partial charge in [0.15, 0.2) is 0 Å². The molecule has 0 saturated carbocycles. The minimum absolute atomic E-state index is 0.265. The Kier molecular flexibility index (Phi) is 10.2. The SMILES string of the molecule is CN(C(=O)O)[C@H](C(=O)N[C@@H](Cc1ccc(-c2ccccn2)cc1)[C@H](O)C[C@@H](N)Cc1ccccc1)C(C)(C)C. The highest BCUT2D eigenvalue weighted by molar-refractivity contribution is 5.86. The number of aliphatic hydroxyl groups excluding tert-OH is 1. The molecule has 0 spiro atoms. The Hall–Kier alpha value is -3.75. The summed E-state index contributed by atoms with van der Waals surface area (Å²) in [5.74, 6) is -0.460. The minimum Gasteiger partial charge on any atom is -0.465 e. The van der Waals surface area contributed by atoms with Gasteiger partial charge >= 0.3 is 6.09 Å². The molecule has 0 aliphatic rings. The molecule has 0 saturated heterocycles. The van der Waals surface area contributed by atoms with E-state index in [9.17, 15) is 19.8 Å². The number of likely N-dealkylation sites (N-methyl/N-ethyl adjacent to an activating group) is 1. The van der Waals surface area contributed by atoms with E-state index >= 15 is 0 Å². The molecule has 4 atom stereocenters. The van der Waals surface area contributed by atoms with Crippen LogP contribution in [0.1, 0.15) is 38.3 Å². The molecule has 8 nitrogen and oxygen atoms in total. The molecule has 3 rings (SSSR count). The smallest absolute Gasteiger partial charge is 0.407 e. The summed E-state index contributed by atoms with van der Waals surface area (Å²) in [5, 5.41) is 23.9. The van der Waals surface area contributed by atoms with Gasteiger partial charge in [0.1, 0.15) is 6.04 Å². The fraction of sp³-hybridized carbons (Fsp3) is 0.387. The van der Waals surface area contributed by atoms with E-state index in [0.29, 0.717) is 12.8 Å². The molecule has 0 aliphatic carbocycles. The lowest BCUT2D eigenvalue weighted by molar-refractivity contribution is -0.130. The number of nitrogens with two attached hydrogens (primary N) is 1. The largest absolute Gasteiger partial charge is 0.465 e. The van der Waals surface area contributed by atoms with Gasteiger partial charge in [-0.25, -0.2) is 4.79 Å². The number of nitrogens with zero attached hydrogens (tertiary/aromatic N) is 2. The molecule has 2 amide bonds. The van der Waals surface area contributed by atoms with Crippen LogP contribution in [0.4, 0.5) is 4.79 Å². The Labute approximate surface area is 230 Å². The molecule has 0 radical (unpaired) electrons. The molecule has 8 heteroatoms. The quantitative estimate of drug-likeness (QED) is 0.294. The average molecular weight is 533 g/mol. The first-order valence-electron chi connectivity index (χ1n) is 13.2. The lowest BCUT2D eigenvalue weighted by atomic mass is 9.84. The highest BCUT2D eigenvalue weighted by Crippen LogP contribution is 2.25. The van der Waals surface area contributed by atoms with Crippen LogP contribution < -0.4 is 11.1 Å². The maximum absolute atomic E-state index is 13.5. The number of rotatable bonds is 11. The predicted octanol–water partition coefficient (Wildman–Crippen LogP) is 4.12. The lowest BCUT2D eigenvalue weighted by Gasteiger charge is -2.37. The van der Waals surface area contributed by atoms with Gasteiger partial charge < -0.3 is 21.3 Å². The van der Waals surface area contributed by atoms with Crippen molar-refractivity contribution >= 4 is 12.0 Å². The maximum Gasteiger partial charge on any atom is 0.407 e. The topological polar surface area (TPSA) is 129 Å². The number of aromatic nitrogens is 1. The summed E-state index contributed by atoms with van der Waals surface area (Å²) >= 11 is 0. The summed E-state index contributed by atoms with van der Waals surface area (Å²) in [6.45, 7) is 5.44. The summed E-state index contributed by atoms with van der Waals surface area (Å²) in [5.41, 5.74) is 9.53. The Morgan fingerprint density at radius 2 is 1.56 bits per heavy atom. The second-order valence-electron chi connectivity index (χ2n) is 11.1. The summed E-state index contributed by atoms with van der Waals surface area (Å²) in [7, 11) is 1.38. The first kappa shape index (κ1) is 29.8. The van der Waals surface area contributed by atoms with Crippen LogP contribution >= 0.6 is 0 Å². The third kappa shape index (κ3) is 8.63. The molecule has 1 aromatic heterocycles. The van der Waals surface area contributed by atoms with Gasteiger partial charge in [0.25, 0.3) is 0 Å². The predicted molar refractivity (Wildman–Crippen MR) is 153 cm³/mol. The molecule has 39 heavy (non-hydrogen) atoms. The molecule has 0 bridgehead atoms. The van der Waals surface area contributed by atoms with Crippen LogP contribution in [0.15, 0.2) is 79.0 Å². The molecular weight excluding hydrogens is 492 g/mol. The second-order valence-corrected chi connectivity index (χ2v) is 11.1. The van der Waals surface area contributed by atoms with E-state index in [-0.39, 0.29) is 12.5 Å². The van der Waals surface area contributed by atoms with Crippen molar-refractivity contribution in [2.75, 3.05) is 7.05 Å². The second kappa shape index (κ2) is 13.4. The van der Waals surface area contributed by atoms with E-state index in [0.717, 1.165) is 27.3 Å². The molecule has 3 aromatic rings. The third-order valence-electron chi connectivity index (χ3n) is 6.80. The van der Waals surface area contributed by atoms with Gasteiger partial charge in [-0.3, -0.25) is 14.7 Å². The van der Waals surface area contributed by atoms with Crippen LogP contribution in [0.5, 0.6) is 0 Å². The van der Waals surface area contributed by atoms with Gasteiger partial charge in [0.05, 0.1) is 17.8 Å². The molecule has 0 fully saturated rings. The number of carbonyl (C=O) groups is 2. The van der Waals surface area contributed by atoms with Crippen molar-refractivity contribution in [1.29, 1.82) is 0 Å². The number of carboxylic acid groups (broad SMARTS) is 1. The normalized spacial score (nSPS) is 14.6. The number of nitrogens with one attached hydrogen (secondary N) is 1. The summed E-state index contributed by atoms with van der Waals surface area (Å²) < 4.78 is 0. The van der Waals surface area contributed by atoms with Gasteiger partial charge in [0.2, 0.25) is 5.91 Å². The highest BCUT2D eigenvalue weighted by atomic mass is 16.4. The maximum atomic E-state index is 13.5. The molecule has 5 N–H and O–H groups in total. The third-order valence-corrected chi connectivity index (χ3v) is 6.80. The van der Waals surface area contributed by atoms with E-state index in [1.165, 1.54) is 7.05 Å². The van der Waals surface area contributed by atoms with Crippen molar-refractivity contribution in [3.05, 3.63) is 90.1 Å². The molecule has 1 heterocycles. The van der Waals surface area contributed by atoms with Crippen molar-refractivity contribution in [2.24, 2.45) is 11.1 Å². The number of pyridine rings is 1. The Balaban J connectivity index is 1.81. The van der Waals surface area contributed by atoms with Crippen molar-refractivity contribution in [3.8, 4) is 11.3 Å². The monoisotopic (exact) mass is 532 g/mol. The van der Waals surface area contributed by atoms with Crippen molar-refractivity contribution < 1.29 is 19.8 Å². The van der Waals surface area contributed by atoms with Crippen LogP contribution in [0.2, 0.25) is 0 Å². The fourth-order valence-electron chi connectivity index (χ4n) is 4.88. The zero-order valence-corrected chi connectivity index (χ0v) is 23.1. The van der Waals surface area contributed by atoms with Crippen LogP contribution in [-0.2, 0) is 17.6 Å². The summed E-state index contributed by atoms with van der Waals surface area (Å²) in [4.78, 5) is 30.6. The van der Waals surface area contributed by atoms with Crippen LogP contribution in [0.3, 0.4) is 0 Å². The number of benzene rings is 2. The lowest BCUT2D eigenvalue weighted by Crippen LogP contribution is -2.58. The van der Waals surface area contributed by atoms with Crippen molar-refractivity contribution in [3.63, 3.8) is 0 Å². The van der Waals surface area contributed by atoms with E-state index in [1.807, 2.05) is 93.6 Å². The van der Waals surface area contributed by atoms with Gasteiger partial charge in [-0.2, -0.15) is 0 Å².